The van der Waals surface area contributed by atoms with Gasteiger partial charge in [0, 0.05) is 18.1 Å². The predicted molar refractivity (Wildman–Crippen MR) is 179 cm³/mol. The third-order valence-corrected chi connectivity index (χ3v) is 8.90. The molecule has 0 unspecified atom stereocenters. The number of unbranched alkanes of at least 4 members (excludes halogenated alkanes) is 11. The molecule has 0 radical (unpaired) electrons. The molecule has 2 aromatic carbocycles. The smallest absolute Gasteiger partial charge is 0.228 e. The van der Waals surface area contributed by atoms with E-state index in [1.807, 2.05) is 18.2 Å². The Morgan fingerprint density at radius 2 is 1.49 bits per heavy atom. The van der Waals surface area contributed by atoms with E-state index >= 15 is 0 Å². The minimum atomic E-state index is -0.0202. The number of aryl methyl sites for hydroxylation is 1. The van der Waals surface area contributed by atoms with Gasteiger partial charge in [0.15, 0.2) is 12.2 Å². The molecule has 43 heavy (non-hydrogen) atoms. The number of ether oxygens (including phenoxy) is 1. The van der Waals surface area contributed by atoms with E-state index in [0.29, 0.717) is 6.61 Å². The normalized spacial score (nSPS) is 11.3. The Bertz CT molecular complexity index is 1220. The maximum absolute atomic E-state index is 13.3. The SMILES string of the molecule is CCCCCCCCCCCCCCOc1cc(C(C)(C)C)ccc1CC(=O)Nc1ccccc1C[n+]1cscc1C.[Br-]. The molecular weight excluding hydrogens is 616 g/mol. The fourth-order valence-electron chi connectivity index (χ4n) is 5.27. The lowest BCUT2D eigenvalue weighted by Crippen LogP contribution is -3.00. The summed E-state index contributed by atoms with van der Waals surface area (Å²) in [6.45, 7) is 12.5. The van der Waals surface area contributed by atoms with Crippen LogP contribution in [0.25, 0.3) is 0 Å². The van der Waals surface area contributed by atoms with Crippen molar-refractivity contribution in [1.29, 1.82) is 0 Å². The van der Waals surface area contributed by atoms with Crippen LogP contribution in [0.15, 0.2) is 53.4 Å². The Balaban J connectivity index is 0.00000645. The van der Waals surface area contributed by atoms with Crippen LogP contribution in [-0.2, 0) is 23.2 Å². The molecule has 3 aromatic rings. The molecule has 0 aliphatic heterocycles. The first kappa shape index (κ1) is 37.0. The van der Waals surface area contributed by atoms with Crippen LogP contribution in [0.4, 0.5) is 5.69 Å². The molecule has 0 aliphatic carbocycles. The van der Waals surface area contributed by atoms with E-state index in [2.05, 4.69) is 79.7 Å². The maximum atomic E-state index is 13.3. The van der Waals surface area contributed by atoms with Crippen molar-refractivity contribution in [3.8, 4) is 5.75 Å². The van der Waals surface area contributed by atoms with Gasteiger partial charge in [-0.15, -0.1) is 0 Å². The molecule has 3 rings (SSSR count). The van der Waals surface area contributed by atoms with E-state index in [9.17, 15) is 4.79 Å². The first-order valence-corrected chi connectivity index (χ1v) is 17.3. The van der Waals surface area contributed by atoms with Gasteiger partial charge in [-0.1, -0.05) is 140 Å². The number of thiazole rings is 1. The molecule has 4 nitrogen and oxygen atoms in total. The first-order valence-electron chi connectivity index (χ1n) is 16.3. The second kappa shape index (κ2) is 20.0. The minimum absolute atomic E-state index is 0. The Hall–Kier alpha value is -2.18. The second-order valence-electron chi connectivity index (χ2n) is 12.8. The van der Waals surface area contributed by atoms with Crippen molar-refractivity contribution in [3.05, 3.63) is 75.7 Å². The molecule has 6 heteroatoms. The van der Waals surface area contributed by atoms with Crippen molar-refractivity contribution in [2.75, 3.05) is 11.9 Å². The van der Waals surface area contributed by atoms with Crippen LogP contribution >= 0.6 is 11.3 Å². The van der Waals surface area contributed by atoms with Crippen LogP contribution in [0.2, 0.25) is 0 Å². The number of benzene rings is 2. The highest BCUT2D eigenvalue weighted by atomic mass is 79.9. The van der Waals surface area contributed by atoms with Gasteiger partial charge in [-0.2, -0.15) is 4.57 Å². The number of aromatic nitrogens is 1. The molecule has 0 aliphatic rings. The molecule has 0 fully saturated rings. The Labute approximate surface area is 276 Å². The summed E-state index contributed by atoms with van der Waals surface area (Å²) in [5, 5.41) is 5.32. The van der Waals surface area contributed by atoms with Gasteiger partial charge < -0.3 is 27.0 Å². The Morgan fingerprint density at radius 1 is 0.860 bits per heavy atom. The molecule has 1 N–H and O–H groups in total. The molecule has 1 amide bonds. The maximum Gasteiger partial charge on any atom is 0.228 e. The average molecular weight is 672 g/mol. The molecule has 0 atom stereocenters. The number of nitrogens with one attached hydrogen (secondary N) is 1. The van der Waals surface area contributed by atoms with Gasteiger partial charge in [0.05, 0.1) is 24.1 Å². The molecule has 0 bridgehead atoms. The molecular formula is C37H55BrN2O2S. The standard InChI is InChI=1S/C37H54N2O2S.BrH/c1-6-7-8-9-10-11-12-13-14-15-16-19-24-41-35-26-33(37(3,4)5)23-22-31(35)25-36(40)38-34-21-18-17-20-32(34)27-39-29-42-28-30(39)2;/h17-18,20-23,26,28-29H,6-16,19,24-25,27H2,1-5H3;1H. The highest BCUT2D eigenvalue weighted by Crippen LogP contribution is 2.30. The number of carbonyl (C=O) groups is 1. The number of amides is 1. The lowest BCUT2D eigenvalue weighted by molar-refractivity contribution is -0.689. The van der Waals surface area contributed by atoms with Gasteiger partial charge >= 0.3 is 0 Å². The van der Waals surface area contributed by atoms with Crippen molar-refractivity contribution in [1.82, 2.24) is 0 Å². The van der Waals surface area contributed by atoms with E-state index in [1.165, 1.54) is 81.9 Å². The Morgan fingerprint density at radius 3 is 2.09 bits per heavy atom. The highest BCUT2D eigenvalue weighted by Gasteiger charge is 2.19. The van der Waals surface area contributed by atoms with Gasteiger partial charge in [0.25, 0.3) is 0 Å². The number of anilines is 1. The van der Waals surface area contributed by atoms with Gasteiger partial charge in [-0.3, -0.25) is 4.79 Å². The topological polar surface area (TPSA) is 42.2 Å². The summed E-state index contributed by atoms with van der Waals surface area (Å²) in [6.07, 6.45) is 16.2. The van der Waals surface area contributed by atoms with Crippen LogP contribution in [-0.4, -0.2) is 12.5 Å². The highest BCUT2D eigenvalue weighted by molar-refractivity contribution is 7.07. The van der Waals surface area contributed by atoms with E-state index in [0.717, 1.165) is 35.5 Å². The third-order valence-electron chi connectivity index (χ3n) is 8.05. The van der Waals surface area contributed by atoms with Crippen molar-refractivity contribution in [3.63, 3.8) is 0 Å². The van der Waals surface area contributed by atoms with Crippen LogP contribution in [0.5, 0.6) is 5.75 Å². The van der Waals surface area contributed by atoms with Gasteiger partial charge in [0.1, 0.15) is 5.75 Å². The first-order chi connectivity index (χ1) is 20.3. The number of carbonyl (C=O) groups excluding carboxylic acids is 1. The average Bonchev–Trinajstić information content (AvgIpc) is 3.36. The fraction of sp³-hybridized carbons (Fsp3) is 0.568. The quantitative estimate of drug-likeness (QED) is 0.111. The zero-order valence-electron chi connectivity index (χ0n) is 27.4. The molecule has 0 saturated heterocycles. The molecule has 1 heterocycles. The second-order valence-corrected chi connectivity index (χ2v) is 13.5. The number of para-hydroxylation sites is 1. The summed E-state index contributed by atoms with van der Waals surface area (Å²) < 4.78 is 8.55. The van der Waals surface area contributed by atoms with Crippen LogP contribution < -0.4 is 31.6 Å². The number of rotatable bonds is 19. The molecule has 238 valence electrons. The summed E-state index contributed by atoms with van der Waals surface area (Å²) in [7, 11) is 0. The van der Waals surface area contributed by atoms with Crippen LogP contribution in [0.3, 0.4) is 0 Å². The monoisotopic (exact) mass is 670 g/mol. The van der Waals surface area contributed by atoms with Gasteiger partial charge in [-0.05, 0) is 29.5 Å². The summed E-state index contributed by atoms with van der Waals surface area (Å²) in [5.74, 6) is 0.826. The molecule has 0 spiro atoms. The number of hydrogen-bond acceptors (Lipinski definition) is 3. The number of nitrogens with zero attached hydrogens (tertiary/aromatic N) is 1. The third kappa shape index (κ3) is 13.6. The van der Waals surface area contributed by atoms with Crippen molar-refractivity contribution < 1.29 is 31.1 Å². The summed E-state index contributed by atoms with van der Waals surface area (Å²) in [6, 6.07) is 14.4. The summed E-state index contributed by atoms with van der Waals surface area (Å²) >= 11 is 1.69. The van der Waals surface area contributed by atoms with Crippen LogP contribution in [0, 0.1) is 6.92 Å². The van der Waals surface area contributed by atoms with Crippen LogP contribution in [0.1, 0.15) is 127 Å². The summed E-state index contributed by atoms with van der Waals surface area (Å²) in [5.41, 5.74) is 7.49. The Kier molecular flexibility index (Phi) is 17.2. The van der Waals surface area contributed by atoms with Crippen molar-refractivity contribution in [2.24, 2.45) is 0 Å². The van der Waals surface area contributed by atoms with Crippen molar-refractivity contribution >= 4 is 22.9 Å². The molecule has 0 saturated carbocycles. The van der Waals surface area contributed by atoms with Gasteiger partial charge in [-0.25, -0.2) is 0 Å². The zero-order chi connectivity index (χ0) is 30.2. The lowest BCUT2D eigenvalue weighted by Gasteiger charge is -2.21. The minimum Gasteiger partial charge on any atom is -1.00 e. The molecule has 1 aromatic heterocycles. The van der Waals surface area contributed by atoms with Crippen molar-refractivity contribution in [2.45, 2.75) is 130 Å². The van der Waals surface area contributed by atoms with Gasteiger partial charge in [0.2, 0.25) is 11.4 Å². The summed E-state index contributed by atoms with van der Waals surface area (Å²) in [4.78, 5) is 13.3. The van der Waals surface area contributed by atoms with E-state index in [1.54, 1.807) is 11.3 Å². The number of hydrogen-bond donors (Lipinski definition) is 1. The number of halogens is 1. The lowest BCUT2D eigenvalue weighted by atomic mass is 9.86. The largest absolute Gasteiger partial charge is 1.00 e. The van der Waals surface area contributed by atoms with E-state index in [-0.39, 0.29) is 34.7 Å². The zero-order valence-corrected chi connectivity index (χ0v) is 29.8. The fourth-order valence-corrected chi connectivity index (χ4v) is 6.05. The van der Waals surface area contributed by atoms with E-state index in [4.69, 9.17) is 4.74 Å². The van der Waals surface area contributed by atoms with E-state index < -0.39 is 0 Å². The predicted octanol–water partition coefficient (Wildman–Crippen LogP) is 6.95.